The van der Waals surface area contributed by atoms with Crippen LogP contribution in [-0.4, -0.2) is 6.21 Å². The molecule has 13 heavy (non-hydrogen) atoms. The van der Waals surface area contributed by atoms with Crippen LogP contribution >= 0.6 is 11.8 Å². The van der Waals surface area contributed by atoms with Crippen LogP contribution in [0.3, 0.4) is 0 Å². The van der Waals surface area contributed by atoms with Crippen molar-refractivity contribution in [1.29, 1.82) is 0 Å². The van der Waals surface area contributed by atoms with Gasteiger partial charge >= 0.3 is 0 Å². The number of oxime groups is 1. The van der Waals surface area contributed by atoms with E-state index in [1.807, 2.05) is 12.1 Å². The highest BCUT2D eigenvalue weighted by Crippen LogP contribution is 2.41. The molecule has 64 valence electrons. The fourth-order valence-corrected chi connectivity index (χ4v) is 2.46. The van der Waals surface area contributed by atoms with Crippen molar-refractivity contribution < 1.29 is 4.84 Å². The van der Waals surface area contributed by atoms with Crippen LogP contribution in [0.5, 0.6) is 0 Å². The first-order chi connectivity index (χ1) is 6.45. The molecule has 0 aliphatic carbocycles. The summed E-state index contributed by atoms with van der Waals surface area (Å²) in [5.74, 6) is 0. The van der Waals surface area contributed by atoms with Crippen LogP contribution in [0.2, 0.25) is 0 Å². The largest absolute Gasteiger partial charge is 0.383 e. The van der Waals surface area contributed by atoms with Gasteiger partial charge in [0, 0.05) is 16.0 Å². The van der Waals surface area contributed by atoms with Gasteiger partial charge in [-0.15, -0.1) is 0 Å². The van der Waals surface area contributed by atoms with Crippen molar-refractivity contribution in [3.05, 3.63) is 40.8 Å². The van der Waals surface area contributed by atoms with Crippen molar-refractivity contribution in [1.82, 2.24) is 0 Å². The first-order valence-electron chi connectivity index (χ1n) is 4.10. The second-order valence-corrected chi connectivity index (χ2v) is 3.90. The van der Waals surface area contributed by atoms with Gasteiger partial charge in [0.15, 0.2) is 6.10 Å². The minimum Gasteiger partial charge on any atom is -0.383 e. The molecule has 0 N–H and O–H groups in total. The Bertz CT molecular complexity index is 411. The molecule has 1 unspecified atom stereocenters. The van der Waals surface area contributed by atoms with E-state index < -0.39 is 0 Å². The Morgan fingerprint density at radius 1 is 1.31 bits per heavy atom. The maximum absolute atomic E-state index is 5.27. The van der Waals surface area contributed by atoms with Crippen LogP contribution in [0.25, 0.3) is 0 Å². The molecular formula is C10H7NOS. The highest BCUT2D eigenvalue weighted by Gasteiger charge is 2.27. The van der Waals surface area contributed by atoms with Crippen LogP contribution in [0.1, 0.15) is 11.7 Å². The number of rotatable bonds is 0. The zero-order chi connectivity index (χ0) is 8.67. The molecule has 0 saturated heterocycles. The smallest absolute Gasteiger partial charge is 0.180 e. The minimum atomic E-state index is 0.0393. The Morgan fingerprint density at radius 3 is 3.23 bits per heavy atom. The van der Waals surface area contributed by atoms with E-state index in [0.717, 1.165) is 5.57 Å². The fourth-order valence-electron chi connectivity index (χ4n) is 1.55. The van der Waals surface area contributed by atoms with Crippen molar-refractivity contribution in [2.24, 2.45) is 5.16 Å². The Labute approximate surface area is 80.3 Å². The maximum atomic E-state index is 5.27. The minimum absolute atomic E-state index is 0.0393. The Hall–Kier alpha value is -1.22. The Morgan fingerprint density at radius 2 is 2.23 bits per heavy atom. The number of nitrogens with zero attached hydrogens (tertiary/aromatic N) is 1. The predicted molar refractivity (Wildman–Crippen MR) is 52.7 cm³/mol. The van der Waals surface area contributed by atoms with Gasteiger partial charge in [-0.05, 0) is 11.5 Å². The number of hydrogen-bond donors (Lipinski definition) is 0. The van der Waals surface area contributed by atoms with Crippen LogP contribution in [0.15, 0.2) is 45.3 Å². The average Bonchev–Trinajstić information content (AvgIpc) is 2.65. The molecule has 2 aliphatic rings. The lowest BCUT2D eigenvalue weighted by Crippen LogP contribution is -2.04. The van der Waals surface area contributed by atoms with Gasteiger partial charge < -0.3 is 4.84 Å². The Kier molecular flexibility index (Phi) is 1.46. The molecule has 2 heterocycles. The van der Waals surface area contributed by atoms with Gasteiger partial charge in [0.1, 0.15) is 0 Å². The summed E-state index contributed by atoms with van der Waals surface area (Å²) in [5, 5.41) is 5.92. The molecule has 1 atom stereocenters. The zero-order valence-electron chi connectivity index (χ0n) is 6.81. The van der Waals surface area contributed by atoms with Crippen molar-refractivity contribution in [3.8, 4) is 0 Å². The van der Waals surface area contributed by atoms with E-state index in [0.29, 0.717) is 0 Å². The highest BCUT2D eigenvalue weighted by molar-refractivity contribution is 8.02. The number of fused-ring (bicyclic) bond motifs is 3. The molecule has 0 aromatic heterocycles. The number of hydrogen-bond acceptors (Lipinski definition) is 3. The molecule has 0 radical (unpaired) electrons. The van der Waals surface area contributed by atoms with E-state index in [1.54, 1.807) is 18.0 Å². The molecule has 2 aliphatic heterocycles. The van der Waals surface area contributed by atoms with Gasteiger partial charge in [-0.25, -0.2) is 0 Å². The second kappa shape index (κ2) is 2.64. The van der Waals surface area contributed by atoms with Crippen molar-refractivity contribution in [2.45, 2.75) is 11.0 Å². The maximum Gasteiger partial charge on any atom is 0.180 e. The molecule has 1 aromatic carbocycles. The summed E-state index contributed by atoms with van der Waals surface area (Å²) in [6.45, 7) is 0. The normalized spacial score (nSPS) is 23.1. The highest BCUT2D eigenvalue weighted by atomic mass is 32.2. The van der Waals surface area contributed by atoms with Gasteiger partial charge in [-0.1, -0.05) is 35.1 Å². The van der Waals surface area contributed by atoms with E-state index in [9.17, 15) is 0 Å². The summed E-state index contributed by atoms with van der Waals surface area (Å²) < 4.78 is 0. The summed E-state index contributed by atoms with van der Waals surface area (Å²) in [6.07, 6.45) is 1.82. The summed E-state index contributed by atoms with van der Waals surface area (Å²) in [4.78, 5) is 6.54. The molecular weight excluding hydrogens is 182 g/mol. The first kappa shape index (κ1) is 7.21. The van der Waals surface area contributed by atoms with E-state index in [2.05, 4.69) is 22.7 Å². The SMILES string of the molecule is C1=NOC2C1=CSc1ccccc12. The molecule has 0 amide bonds. The second-order valence-electron chi connectivity index (χ2n) is 2.99. The monoisotopic (exact) mass is 189 g/mol. The summed E-state index contributed by atoms with van der Waals surface area (Å²) >= 11 is 1.73. The number of benzene rings is 1. The van der Waals surface area contributed by atoms with Crippen molar-refractivity contribution in [2.75, 3.05) is 0 Å². The third-order valence-corrected chi connectivity index (χ3v) is 3.21. The van der Waals surface area contributed by atoms with Crippen molar-refractivity contribution >= 4 is 18.0 Å². The van der Waals surface area contributed by atoms with Crippen LogP contribution < -0.4 is 0 Å². The average molecular weight is 189 g/mol. The third kappa shape index (κ3) is 1.00. The molecule has 0 spiro atoms. The van der Waals surface area contributed by atoms with E-state index in [-0.39, 0.29) is 6.10 Å². The molecule has 1 aromatic rings. The fraction of sp³-hybridized carbons (Fsp3) is 0.100. The van der Waals surface area contributed by atoms with Crippen molar-refractivity contribution in [3.63, 3.8) is 0 Å². The predicted octanol–water partition coefficient (Wildman–Crippen LogP) is 2.73. The van der Waals surface area contributed by atoms with Gasteiger partial charge in [0.25, 0.3) is 0 Å². The van der Waals surface area contributed by atoms with Gasteiger partial charge in [0.05, 0.1) is 6.21 Å². The lowest BCUT2D eigenvalue weighted by atomic mass is 10.0. The molecule has 3 rings (SSSR count). The molecule has 0 fully saturated rings. The molecule has 0 bridgehead atoms. The first-order valence-corrected chi connectivity index (χ1v) is 4.98. The van der Waals surface area contributed by atoms with Gasteiger partial charge in [-0.3, -0.25) is 0 Å². The standard InChI is InChI=1S/C10H7NOS/c1-2-4-9-8(3-1)10-7(6-13-9)5-11-12-10/h1-6,10H. The summed E-state index contributed by atoms with van der Waals surface area (Å²) in [7, 11) is 0. The van der Waals surface area contributed by atoms with E-state index >= 15 is 0 Å². The van der Waals surface area contributed by atoms with Crippen LogP contribution in [-0.2, 0) is 4.84 Å². The molecule has 0 saturated carbocycles. The Balaban J connectivity index is 2.14. The summed E-state index contributed by atoms with van der Waals surface area (Å²) in [5.41, 5.74) is 2.38. The lowest BCUT2D eigenvalue weighted by molar-refractivity contribution is 0.103. The molecule has 3 heteroatoms. The van der Waals surface area contributed by atoms with E-state index in [4.69, 9.17) is 4.84 Å². The van der Waals surface area contributed by atoms with Crippen LogP contribution in [0, 0.1) is 0 Å². The zero-order valence-corrected chi connectivity index (χ0v) is 7.62. The quantitative estimate of drug-likeness (QED) is 0.626. The summed E-state index contributed by atoms with van der Waals surface area (Å²) in [6, 6.07) is 8.27. The topological polar surface area (TPSA) is 21.6 Å². The van der Waals surface area contributed by atoms with Gasteiger partial charge in [0.2, 0.25) is 0 Å². The molecule has 2 nitrogen and oxygen atoms in total. The van der Waals surface area contributed by atoms with Crippen LogP contribution in [0.4, 0.5) is 0 Å². The third-order valence-electron chi connectivity index (χ3n) is 2.19. The number of thioether (sulfide) groups is 1. The lowest BCUT2D eigenvalue weighted by Gasteiger charge is -2.17. The van der Waals surface area contributed by atoms with E-state index in [1.165, 1.54) is 10.5 Å². The van der Waals surface area contributed by atoms with Gasteiger partial charge in [-0.2, -0.15) is 0 Å².